The Morgan fingerprint density at radius 1 is 1.44 bits per heavy atom. The van der Waals surface area contributed by atoms with Crippen molar-refractivity contribution in [2.45, 2.75) is 24.8 Å². The molecular formula is C12H13BrN2O. The number of amides is 1. The monoisotopic (exact) mass is 280 g/mol. The van der Waals surface area contributed by atoms with Crippen LogP contribution in [0.3, 0.4) is 0 Å². The van der Waals surface area contributed by atoms with Gasteiger partial charge in [-0.2, -0.15) is 0 Å². The number of hydrogen-bond acceptors (Lipinski definition) is 2. The Labute approximate surface area is 103 Å². The highest BCUT2D eigenvalue weighted by atomic mass is 79.9. The number of anilines is 2. The molecule has 0 radical (unpaired) electrons. The molecule has 1 heterocycles. The normalized spacial score (nSPS) is 21.4. The van der Waals surface area contributed by atoms with Gasteiger partial charge < -0.3 is 10.2 Å². The quantitative estimate of drug-likeness (QED) is 0.793. The van der Waals surface area contributed by atoms with Gasteiger partial charge >= 0.3 is 0 Å². The molecular weight excluding hydrogens is 268 g/mol. The Morgan fingerprint density at radius 3 is 2.81 bits per heavy atom. The second kappa shape index (κ2) is 3.23. The number of benzene rings is 1. The maximum absolute atomic E-state index is 12.1. The van der Waals surface area contributed by atoms with Crippen LogP contribution in [0.4, 0.5) is 11.4 Å². The molecule has 1 aromatic rings. The van der Waals surface area contributed by atoms with Crippen LogP contribution in [0.2, 0.25) is 0 Å². The number of fused-ring (bicyclic) bond motifs is 1. The summed E-state index contributed by atoms with van der Waals surface area (Å²) in [6.07, 6.45) is 3.06. The minimum Gasteiger partial charge on any atom is -0.358 e. The molecule has 4 heteroatoms. The maximum Gasteiger partial charge on any atom is 0.250 e. The number of likely N-dealkylation sites (N-methyl/N-ethyl adjacent to an activating group) is 1. The first kappa shape index (κ1) is 10.1. The van der Waals surface area contributed by atoms with E-state index in [0.29, 0.717) is 0 Å². The van der Waals surface area contributed by atoms with Crippen LogP contribution in [0.15, 0.2) is 22.7 Å². The van der Waals surface area contributed by atoms with Gasteiger partial charge in [-0.25, -0.2) is 0 Å². The fourth-order valence-electron chi connectivity index (χ4n) is 2.58. The Balaban J connectivity index is 2.11. The number of rotatable bonds is 0. The first-order valence-corrected chi connectivity index (χ1v) is 6.28. The first-order chi connectivity index (χ1) is 7.63. The Morgan fingerprint density at radius 2 is 2.19 bits per heavy atom. The van der Waals surface area contributed by atoms with Crippen LogP contribution in [0.1, 0.15) is 19.3 Å². The molecule has 3 nitrogen and oxygen atoms in total. The molecule has 1 fully saturated rings. The lowest BCUT2D eigenvalue weighted by Crippen LogP contribution is -2.62. The summed E-state index contributed by atoms with van der Waals surface area (Å²) in [5.41, 5.74) is 1.73. The van der Waals surface area contributed by atoms with Gasteiger partial charge in [0.15, 0.2) is 0 Å². The topological polar surface area (TPSA) is 32.3 Å². The molecule has 84 valence electrons. The Bertz CT molecular complexity index is 468. The minimum absolute atomic E-state index is 0.149. The largest absolute Gasteiger partial charge is 0.358 e. The number of hydrogen-bond donors (Lipinski definition) is 1. The van der Waals surface area contributed by atoms with Crippen molar-refractivity contribution in [3.8, 4) is 0 Å². The third kappa shape index (κ3) is 1.16. The van der Waals surface area contributed by atoms with Gasteiger partial charge in [0, 0.05) is 11.5 Å². The summed E-state index contributed by atoms with van der Waals surface area (Å²) in [5.74, 6) is 0.149. The number of halogens is 1. The molecule has 1 amide bonds. The molecule has 0 bridgehead atoms. The minimum atomic E-state index is -0.284. The molecule has 1 spiro atoms. The van der Waals surface area contributed by atoms with Gasteiger partial charge in [0.05, 0.1) is 11.4 Å². The van der Waals surface area contributed by atoms with Crippen LogP contribution in [0.25, 0.3) is 0 Å². The van der Waals surface area contributed by atoms with Gasteiger partial charge in [-0.05, 0) is 37.5 Å². The van der Waals surface area contributed by atoms with Crippen molar-refractivity contribution in [1.29, 1.82) is 0 Å². The SMILES string of the molecule is CN1c2cc(Br)ccc2NC(=O)C12CCC2. The highest BCUT2D eigenvalue weighted by Gasteiger charge is 2.50. The van der Waals surface area contributed by atoms with Crippen LogP contribution in [-0.4, -0.2) is 18.5 Å². The van der Waals surface area contributed by atoms with Crippen LogP contribution in [0, 0.1) is 0 Å². The van der Waals surface area contributed by atoms with Gasteiger partial charge in [-0.1, -0.05) is 15.9 Å². The Kier molecular flexibility index (Phi) is 2.05. The lowest BCUT2D eigenvalue weighted by molar-refractivity contribution is -0.124. The fraction of sp³-hybridized carbons (Fsp3) is 0.417. The summed E-state index contributed by atoms with van der Waals surface area (Å²) in [6, 6.07) is 5.96. The fourth-order valence-corrected chi connectivity index (χ4v) is 2.93. The average molecular weight is 281 g/mol. The molecule has 16 heavy (non-hydrogen) atoms. The third-order valence-electron chi connectivity index (χ3n) is 3.81. The molecule has 1 saturated carbocycles. The van der Waals surface area contributed by atoms with Crippen LogP contribution in [0.5, 0.6) is 0 Å². The smallest absolute Gasteiger partial charge is 0.250 e. The van der Waals surface area contributed by atoms with E-state index in [9.17, 15) is 4.79 Å². The van der Waals surface area contributed by atoms with Crippen molar-refractivity contribution in [3.63, 3.8) is 0 Å². The highest BCUT2D eigenvalue weighted by molar-refractivity contribution is 9.10. The summed E-state index contributed by atoms with van der Waals surface area (Å²) in [5, 5.41) is 3.01. The molecule has 0 atom stereocenters. The number of carbonyl (C=O) groups excluding carboxylic acids is 1. The lowest BCUT2D eigenvalue weighted by atomic mass is 9.73. The summed E-state index contributed by atoms with van der Waals surface area (Å²) in [6.45, 7) is 0. The van der Waals surface area contributed by atoms with E-state index >= 15 is 0 Å². The standard InChI is InChI=1S/C12H13BrN2O/c1-15-10-7-8(13)3-4-9(10)14-11(16)12(15)5-2-6-12/h3-4,7H,2,5-6H2,1H3,(H,14,16). The van der Waals surface area contributed by atoms with Crippen molar-refractivity contribution < 1.29 is 4.79 Å². The predicted octanol–water partition coefficient (Wildman–Crippen LogP) is 2.76. The van der Waals surface area contributed by atoms with Crippen LogP contribution >= 0.6 is 15.9 Å². The zero-order valence-corrected chi connectivity index (χ0v) is 10.7. The van der Waals surface area contributed by atoms with E-state index in [1.165, 1.54) is 0 Å². The van der Waals surface area contributed by atoms with E-state index in [0.717, 1.165) is 35.1 Å². The summed E-state index contributed by atoms with van der Waals surface area (Å²) in [7, 11) is 2.02. The van der Waals surface area contributed by atoms with Crippen LogP contribution in [-0.2, 0) is 4.79 Å². The number of nitrogens with zero attached hydrogens (tertiary/aromatic N) is 1. The third-order valence-corrected chi connectivity index (χ3v) is 4.31. The van der Waals surface area contributed by atoms with E-state index in [-0.39, 0.29) is 11.4 Å². The molecule has 1 N–H and O–H groups in total. The van der Waals surface area contributed by atoms with Crippen molar-refractivity contribution in [2.24, 2.45) is 0 Å². The van der Waals surface area contributed by atoms with Gasteiger partial charge in [0.1, 0.15) is 5.54 Å². The molecule has 0 unspecified atom stereocenters. The van der Waals surface area contributed by atoms with E-state index in [4.69, 9.17) is 0 Å². The van der Waals surface area contributed by atoms with Crippen molar-refractivity contribution in [3.05, 3.63) is 22.7 Å². The molecule has 0 saturated heterocycles. The first-order valence-electron chi connectivity index (χ1n) is 5.48. The van der Waals surface area contributed by atoms with E-state index in [1.807, 2.05) is 19.2 Å². The second-order valence-electron chi connectivity index (χ2n) is 4.56. The van der Waals surface area contributed by atoms with Crippen LogP contribution < -0.4 is 10.2 Å². The molecule has 2 aliphatic rings. The molecule has 1 aromatic carbocycles. The summed E-state index contributed by atoms with van der Waals surface area (Å²) in [4.78, 5) is 14.2. The van der Waals surface area contributed by atoms with Crippen molar-refractivity contribution >= 4 is 33.2 Å². The summed E-state index contributed by atoms with van der Waals surface area (Å²) < 4.78 is 1.05. The average Bonchev–Trinajstić information content (AvgIpc) is 2.17. The van der Waals surface area contributed by atoms with E-state index in [2.05, 4.69) is 32.2 Å². The Hall–Kier alpha value is -1.03. The zero-order chi connectivity index (χ0) is 11.3. The zero-order valence-electron chi connectivity index (χ0n) is 9.09. The van der Waals surface area contributed by atoms with Gasteiger partial charge in [-0.3, -0.25) is 4.79 Å². The maximum atomic E-state index is 12.1. The summed E-state index contributed by atoms with van der Waals surface area (Å²) >= 11 is 3.47. The van der Waals surface area contributed by atoms with Crippen molar-refractivity contribution in [2.75, 3.05) is 17.3 Å². The number of nitrogens with one attached hydrogen (secondary N) is 1. The molecule has 1 aliphatic carbocycles. The van der Waals surface area contributed by atoms with Gasteiger partial charge in [-0.15, -0.1) is 0 Å². The number of carbonyl (C=O) groups is 1. The van der Waals surface area contributed by atoms with E-state index < -0.39 is 0 Å². The highest BCUT2D eigenvalue weighted by Crippen LogP contribution is 2.46. The molecule has 3 rings (SSSR count). The van der Waals surface area contributed by atoms with Crippen molar-refractivity contribution in [1.82, 2.24) is 0 Å². The van der Waals surface area contributed by atoms with Gasteiger partial charge in [0.25, 0.3) is 0 Å². The lowest BCUT2D eigenvalue weighted by Gasteiger charge is -2.51. The molecule has 1 aliphatic heterocycles. The van der Waals surface area contributed by atoms with E-state index in [1.54, 1.807) is 0 Å². The molecule has 0 aromatic heterocycles. The second-order valence-corrected chi connectivity index (χ2v) is 5.48. The predicted molar refractivity (Wildman–Crippen MR) is 67.8 cm³/mol. The van der Waals surface area contributed by atoms with Gasteiger partial charge in [0.2, 0.25) is 5.91 Å².